The molecule has 1 aliphatic heterocycles. The number of hydrogen-bond acceptors (Lipinski definition) is 5. The van der Waals surface area contributed by atoms with Crippen LogP contribution in [0.1, 0.15) is 13.3 Å². The molecule has 2 N–H and O–H groups in total. The van der Waals surface area contributed by atoms with Crippen molar-refractivity contribution in [2.75, 3.05) is 50.3 Å². The molecule has 0 aromatic heterocycles. The number of rotatable bonds is 7. The summed E-state index contributed by atoms with van der Waals surface area (Å²) in [5.74, 6) is 0.198. The van der Waals surface area contributed by atoms with Crippen molar-refractivity contribution < 1.29 is 8.42 Å². The number of para-hydroxylation sites is 1. The maximum atomic E-state index is 12.3. The first kappa shape index (κ1) is 16.3. The Labute approximate surface area is 127 Å². The lowest BCUT2D eigenvalue weighted by Crippen LogP contribution is -2.45. The van der Waals surface area contributed by atoms with Crippen LogP contribution in [-0.4, -0.2) is 58.3 Å². The molecule has 1 aromatic carbocycles. The minimum Gasteiger partial charge on any atom is -0.383 e. The van der Waals surface area contributed by atoms with E-state index in [0.29, 0.717) is 11.3 Å². The monoisotopic (exact) mass is 311 g/mol. The molecule has 0 aliphatic carbocycles. The summed E-state index contributed by atoms with van der Waals surface area (Å²) in [4.78, 5) is 2.80. The molecule has 0 spiro atoms. The maximum Gasteiger partial charge on any atom is 0.180 e. The summed E-state index contributed by atoms with van der Waals surface area (Å²) in [5, 5.41) is 6.61. The third-order valence-corrected chi connectivity index (χ3v) is 5.62. The Bertz CT molecular complexity index is 540. The van der Waals surface area contributed by atoms with Crippen molar-refractivity contribution >= 4 is 15.5 Å². The third-order valence-electron chi connectivity index (χ3n) is 3.65. The predicted octanol–water partition coefficient (Wildman–Crippen LogP) is 1.19. The topological polar surface area (TPSA) is 61.4 Å². The van der Waals surface area contributed by atoms with E-state index in [0.717, 1.165) is 45.0 Å². The average molecular weight is 311 g/mol. The normalized spacial score (nSPS) is 16.8. The summed E-state index contributed by atoms with van der Waals surface area (Å²) in [5.41, 5.74) is 0.723. The fourth-order valence-corrected chi connectivity index (χ4v) is 4.06. The van der Waals surface area contributed by atoms with Crippen molar-refractivity contribution in [3.05, 3.63) is 24.3 Å². The zero-order chi connectivity index (χ0) is 15.1. The van der Waals surface area contributed by atoms with Gasteiger partial charge in [0.25, 0.3) is 0 Å². The number of sulfone groups is 1. The van der Waals surface area contributed by atoms with Gasteiger partial charge in [0.15, 0.2) is 9.84 Å². The van der Waals surface area contributed by atoms with Gasteiger partial charge in [-0.3, -0.25) is 4.90 Å². The van der Waals surface area contributed by atoms with Gasteiger partial charge in [0.1, 0.15) is 0 Å². The summed E-state index contributed by atoms with van der Waals surface area (Å²) >= 11 is 0. The van der Waals surface area contributed by atoms with Crippen LogP contribution in [0.25, 0.3) is 0 Å². The number of piperazine rings is 1. The fourth-order valence-electron chi connectivity index (χ4n) is 2.55. The highest BCUT2D eigenvalue weighted by Gasteiger charge is 2.17. The largest absolute Gasteiger partial charge is 0.383 e. The molecule has 6 heteroatoms. The van der Waals surface area contributed by atoms with Gasteiger partial charge in [0, 0.05) is 39.3 Å². The van der Waals surface area contributed by atoms with Crippen molar-refractivity contribution in [2.24, 2.45) is 0 Å². The molecule has 0 bridgehead atoms. The van der Waals surface area contributed by atoms with Gasteiger partial charge in [-0.25, -0.2) is 8.42 Å². The second-order valence-electron chi connectivity index (χ2n) is 5.33. The van der Waals surface area contributed by atoms with Gasteiger partial charge in [-0.15, -0.1) is 0 Å². The van der Waals surface area contributed by atoms with E-state index in [2.05, 4.69) is 15.5 Å². The van der Waals surface area contributed by atoms with Gasteiger partial charge in [0.05, 0.1) is 16.3 Å². The highest BCUT2D eigenvalue weighted by molar-refractivity contribution is 7.91. The molecule has 0 unspecified atom stereocenters. The second kappa shape index (κ2) is 7.77. The zero-order valence-corrected chi connectivity index (χ0v) is 13.5. The maximum absolute atomic E-state index is 12.3. The number of hydrogen-bond donors (Lipinski definition) is 2. The molecule has 21 heavy (non-hydrogen) atoms. The van der Waals surface area contributed by atoms with E-state index in [1.165, 1.54) is 0 Å². The quantitative estimate of drug-likeness (QED) is 0.792. The van der Waals surface area contributed by atoms with E-state index in [-0.39, 0.29) is 5.75 Å². The lowest BCUT2D eigenvalue weighted by atomic mass is 10.3. The molecule has 0 atom stereocenters. The molecular weight excluding hydrogens is 286 g/mol. The van der Waals surface area contributed by atoms with E-state index < -0.39 is 9.84 Å². The van der Waals surface area contributed by atoms with Crippen molar-refractivity contribution in [1.82, 2.24) is 10.2 Å². The van der Waals surface area contributed by atoms with Gasteiger partial charge in [0.2, 0.25) is 0 Å². The summed E-state index contributed by atoms with van der Waals surface area (Å²) in [6.45, 7) is 7.75. The van der Waals surface area contributed by atoms with Crippen molar-refractivity contribution in [3.63, 3.8) is 0 Å². The molecule has 5 nitrogen and oxygen atoms in total. The second-order valence-corrected chi connectivity index (χ2v) is 7.41. The number of nitrogens with one attached hydrogen (secondary N) is 2. The summed E-state index contributed by atoms with van der Waals surface area (Å²) in [6.07, 6.45) is 0.636. The Morgan fingerprint density at radius 1 is 1.24 bits per heavy atom. The summed E-state index contributed by atoms with van der Waals surface area (Å²) < 4.78 is 24.5. The van der Waals surface area contributed by atoms with Crippen LogP contribution in [0.5, 0.6) is 0 Å². The molecule has 0 radical (unpaired) electrons. The lowest BCUT2D eigenvalue weighted by molar-refractivity contribution is 0.249. The van der Waals surface area contributed by atoms with Gasteiger partial charge in [-0.05, 0) is 18.6 Å². The third kappa shape index (κ3) is 4.69. The number of anilines is 1. The number of nitrogens with zero attached hydrogens (tertiary/aromatic N) is 1. The van der Waals surface area contributed by atoms with Crippen LogP contribution in [-0.2, 0) is 9.84 Å². The fraction of sp³-hybridized carbons (Fsp3) is 0.600. The molecule has 0 saturated carbocycles. The zero-order valence-electron chi connectivity index (χ0n) is 12.6. The molecule has 118 valence electrons. The molecule has 1 aromatic rings. The Morgan fingerprint density at radius 3 is 2.67 bits per heavy atom. The number of benzene rings is 1. The summed E-state index contributed by atoms with van der Waals surface area (Å²) in [6, 6.07) is 7.20. The van der Waals surface area contributed by atoms with Gasteiger partial charge in [-0.2, -0.15) is 0 Å². The minimum absolute atomic E-state index is 0.198. The van der Waals surface area contributed by atoms with Crippen LogP contribution < -0.4 is 10.6 Å². The predicted molar refractivity (Wildman–Crippen MR) is 86.6 cm³/mol. The van der Waals surface area contributed by atoms with E-state index in [9.17, 15) is 8.42 Å². The Morgan fingerprint density at radius 2 is 1.95 bits per heavy atom. The molecule has 1 saturated heterocycles. The minimum atomic E-state index is -3.18. The molecule has 0 amide bonds. The molecular formula is C15H25N3O2S. The smallest absolute Gasteiger partial charge is 0.180 e. The Balaban J connectivity index is 1.96. The first-order valence-corrected chi connectivity index (χ1v) is 9.27. The average Bonchev–Trinajstić information content (AvgIpc) is 2.49. The summed E-state index contributed by atoms with van der Waals surface area (Å²) in [7, 11) is -3.18. The molecule has 2 rings (SSSR count). The van der Waals surface area contributed by atoms with Crippen LogP contribution >= 0.6 is 0 Å². The van der Waals surface area contributed by atoms with E-state index in [1.807, 2.05) is 19.1 Å². The van der Waals surface area contributed by atoms with E-state index >= 15 is 0 Å². The molecule has 1 fully saturated rings. The first-order chi connectivity index (χ1) is 10.1. The lowest BCUT2D eigenvalue weighted by Gasteiger charge is -2.27. The van der Waals surface area contributed by atoms with Crippen LogP contribution in [0.3, 0.4) is 0 Å². The SMILES string of the molecule is CCCS(=O)(=O)c1ccccc1NCCN1CCNCC1. The van der Waals surface area contributed by atoms with Gasteiger partial charge >= 0.3 is 0 Å². The van der Waals surface area contributed by atoms with Gasteiger partial charge in [-0.1, -0.05) is 19.1 Å². The highest BCUT2D eigenvalue weighted by atomic mass is 32.2. The van der Waals surface area contributed by atoms with Gasteiger partial charge < -0.3 is 10.6 Å². The first-order valence-electron chi connectivity index (χ1n) is 7.62. The van der Waals surface area contributed by atoms with E-state index in [4.69, 9.17) is 0 Å². The van der Waals surface area contributed by atoms with Crippen LogP contribution in [0.4, 0.5) is 5.69 Å². The van der Waals surface area contributed by atoms with Crippen LogP contribution in [0.2, 0.25) is 0 Å². The van der Waals surface area contributed by atoms with Crippen molar-refractivity contribution in [2.45, 2.75) is 18.2 Å². The van der Waals surface area contributed by atoms with Crippen LogP contribution in [0, 0.1) is 0 Å². The van der Waals surface area contributed by atoms with Crippen molar-refractivity contribution in [1.29, 1.82) is 0 Å². The Kier molecular flexibility index (Phi) is 6.02. The standard InChI is InChI=1S/C15H25N3O2S/c1-2-13-21(19,20)15-6-4-3-5-14(15)17-9-12-18-10-7-16-8-11-18/h3-6,16-17H,2,7-13H2,1H3. The highest BCUT2D eigenvalue weighted by Crippen LogP contribution is 2.22. The molecule has 1 heterocycles. The van der Waals surface area contributed by atoms with Crippen LogP contribution in [0.15, 0.2) is 29.2 Å². The molecule has 1 aliphatic rings. The van der Waals surface area contributed by atoms with Crippen molar-refractivity contribution in [3.8, 4) is 0 Å². The van der Waals surface area contributed by atoms with E-state index in [1.54, 1.807) is 12.1 Å². The Hall–Kier alpha value is -1.11.